The Morgan fingerprint density at radius 1 is 1.32 bits per heavy atom. The van der Waals surface area contributed by atoms with E-state index < -0.39 is 0 Å². The predicted molar refractivity (Wildman–Crippen MR) is 74.1 cm³/mol. The molecule has 0 aliphatic carbocycles. The number of hydrogen-bond donors (Lipinski definition) is 1. The second kappa shape index (κ2) is 6.06. The molecule has 1 saturated heterocycles. The smallest absolute Gasteiger partial charge is 0.253 e. The fraction of sp³-hybridized carbons (Fsp3) is 0.429. The van der Waals surface area contributed by atoms with E-state index in [4.69, 9.17) is 11.6 Å². The minimum atomic E-state index is -0.102. The van der Waals surface area contributed by atoms with Crippen molar-refractivity contribution in [3.63, 3.8) is 0 Å². The maximum Gasteiger partial charge on any atom is 0.253 e. The molecule has 0 spiro atoms. The third-order valence-electron chi connectivity index (χ3n) is 3.42. The number of carbonyl (C=O) groups is 2. The summed E-state index contributed by atoms with van der Waals surface area (Å²) in [6, 6.07) is 6.84. The fourth-order valence-electron chi connectivity index (χ4n) is 2.35. The largest absolute Gasteiger partial charge is 0.359 e. The van der Waals surface area contributed by atoms with Gasteiger partial charge in [0.05, 0.1) is 5.92 Å². The number of carbonyl (C=O) groups excluding carboxylic acids is 2. The zero-order valence-electron chi connectivity index (χ0n) is 10.9. The van der Waals surface area contributed by atoms with Gasteiger partial charge in [-0.3, -0.25) is 9.59 Å². The molecule has 1 atom stereocenters. The van der Waals surface area contributed by atoms with Crippen LogP contribution in [0.15, 0.2) is 24.3 Å². The molecule has 1 N–H and O–H groups in total. The SMILES string of the molecule is CNC(=O)C1CCCN(C(=O)c2ccc(Cl)cc2)C1. The van der Waals surface area contributed by atoms with Gasteiger partial charge in [0.1, 0.15) is 0 Å². The molecule has 0 aromatic heterocycles. The van der Waals surface area contributed by atoms with Gasteiger partial charge < -0.3 is 10.2 Å². The molecular formula is C14H17ClN2O2. The highest BCUT2D eigenvalue weighted by Gasteiger charge is 2.28. The molecular weight excluding hydrogens is 264 g/mol. The Balaban J connectivity index is 2.06. The second-order valence-electron chi connectivity index (χ2n) is 4.71. The Morgan fingerprint density at radius 3 is 2.63 bits per heavy atom. The maximum absolute atomic E-state index is 12.3. The quantitative estimate of drug-likeness (QED) is 0.900. The summed E-state index contributed by atoms with van der Waals surface area (Å²) in [5.74, 6) is -0.131. The van der Waals surface area contributed by atoms with E-state index in [1.807, 2.05) is 0 Å². The molecule has 1 aromatic rings. The predicted octanol–water partition coefficient (Wildman–Crippen LogP) is 1.94. The monoisotopic (exact) mass is 280 g/mol. The van der Waals surface area contributed by atoms with Gasteiger partial charge in [0, 0.05) is 30.7 Å². The van der Waals surface area contributed by atoms with Crippen LogP contribution < -0.4 is 5.32 Å². The van der Waals surface area contributed by atoms with Crippen LogP contribution in [0.5, 0.6) is 0 Å². The normalized spacial score (nSPS) is 19.1. The van der Waals surface area contributed by atoms with Gasteiger partial charge in [-0.05, 0) is 37.1 Å². The van der Waals surface area contributed by atoms with E-state index in [-0.39, 0.29) is 17.7 Å². The fourth-order valence-corrected chi connectivity index (χ4v) is 2.48. The van der Waals surface area contributed by atoms with Crippen LogP contribution in [0.4, 0.5) is 0 Å². The van der Waals surface area contributed by atoms with E-state index in [0.717, 1.165) is 12.8 Å². The number of nitrogens with one attached hydrogen (secondary N) is 1. The third kappa shape index (κ3) is 3.26. The zero-order chi connectivity index (χ0) is 13.8. The summed E-state index contributed by atoms with van der Waals surface area (Å²) in [6.07, 6.45) is 1.70. The van der Waals surface area contributed by atoms with Crippen LogP contribution in [0.2, 0.25) is 5.02 Å². The highest BCUT2D eigenvalue weighted by atomic mass is 35.5. The number of rotatable bonds is 2. The molecule has 1 fully saturated rings. The second-order valence-corrected chi connectivity index (χ2v) is 5.15. The van der Waals surface area contributed by atoms with Crippen molar-refractivity contribution in [2.24, 2.45) is 5.92 Å². The number of likely N-dealkylation sites (tertiary alicyclic amines) is 1. The van der Waals surface area contributed by atoms with Crippen molar-refractivity contribution in [2.45, 2.75) is 12.8 Å². The first-order valence-corrected chi connectivity index (χ1v) is 6.76. The minimum Gasteiger partial charge on any atom is -0.359 e. The number of amides is 2. The Kier molecular flexibility index (Phi) is 4.43. The summed E-state index contributed by atoms with van der Waals surface area (Å²) in [4.78, 5) is 25.7. The van der Waals surface area contributed by atoms with Gasteiger partial charge in [0.15, 0.2) is 0 Å². The van der Waals surface area contributed by atoms with Crippen LogP contribution in [0.1, 0.15) is 23.2 Å². The van der Waals surface area contributed by atoms with Crippen LogP contribution in [-0.2, 0) is 4.79 Å². The molecule has 1 aliphatic heterocycles. The summed E-state index contributed by atoms with van der Waals surface area (Å²) in [5, 5.41) is 3.26. The Hall–Kier alpha value is -1.55. The first-order valence-electron chi connectivity index (χ1n) is 6.38. The van der Waals surface area contributed by atoms with Crippen molar-refractivity contribution in [2.75, 3.05) is 20.1 Å². The Labute approximate surface area is 117 Å². The molecule has 5 heteroatoms. The molecule has 0 radical (unpaired) electrons. The lowest BCUT2D eigenvalue weighted by atomic mass is 9.96. The van der Waals surface area contributed by atoms with Crippen molar-refractivity contribution >= 4 is 23.4 Å². The topological polar surface area (TPSA) is 49.4 Å². The van der Waals surface area contributed by atoms with Crippen molar-refractivity contribution < 1.29 is 9.59 Å². The lowest BCUT2D eigenvalue weighted by molar-refractivity contribution is -0.125. The molecule has 1 unspecified atom stereocenters. The van der Waals surface area contributed by atoms with E-state index in [1.54, 1.807) is 36.2 Å². The van der Waals surface area contributed by atoms with E-state index in [0.29, 0.717) is 23.7 Å². The average molecular weight is 281 g/mol. The van der Waals surface area contributed by atoms with Crippen LogP contribution >= 0.6 is 11.6 Å². The van der Waals surface area contributed by atoms with Crippen molar-refractivity contribution in [3.05, 3.63) is 34.9 Å². The maximum atomic E-state index is 12.3. The summed E-state index contributed by atoms with van der Waals surface area (Å²) in [5.41, 5.74) is 0.613. The standard InChI is InChI=1S/C14H17ClN2O2/c1-16-13(18)11-3-2-8-17(9-11)14(19)10-4-6-12(15)7-5-10/h4-7,11H,2-3,8-9H2,1H3,(H,16,18). The molecule has 0 bridgehead atoms. The van der Waals surface area contributed by atoms with Gasteiger partial charge in [-0.2, -0.15) is 0 Å². The Bertz CT molecular complexity index is 473. The number of nitrogens with zero attached hydrogens (tertiary/aromatic N) is 1. The van der Waals surface area contributed by atoms with Crippen LogP contribution in [0.3, 0.4) is 0 Å². The van der Waals surface area contributed by atoms with Crippen LogP contribution in [-0.4, -0.2) is 36.9 Å². The summed E-state index contributed by atoms with van der Waals surface area (Å²) < 4.78 is 0. The first-order chi connectivity index (χ1) is 9.11. The van der Waals surface area contributed by atoms with Crippen molar-refractivity contribution in [1.82, 2.24) is 10.2 Å². The van der Waals surface area contributed by atoms with E-state index in [9.17, 15) is 9.59 Å². The highest BCUT2D eigenvalue weighted by Crippen LogP contribution is 2.19. The van der Waals surface area contributed by atoms with Crippen LogP contribution in [0, 0.1) is 5.92 Å². The summed E-state index contributed by atoms with van der Waals surface area (Å²) in [6.45, 7) is 1.19. The van der Waals surface area contributed by atoms with Crippen LogP contribution in [0.25, 0.3) is 0 Å². The number of benzene rings is 1. The Morgan fingerprint density at radius 2 is 2.00 bits per heavy atom. The molecule has 1 heterocycles. The number of halogens is 1. The molecule has 0 saturated carbocycles. The summed E-state index contributed by atoms with van der Waals surface area (Å²) >= 11 is 5.81. The number of piperidine rings is 1. The number of hydrogen-bond acceptors (Lipinski definition) is 2. The van der Waals surface area contributed by atoms with E-state index >= 15 is 0 Å². The molecule has 1 aromatic carbocycles. The first kappa shape index (κ1) is 13.9. The van der Waals surface area contributed by atoms with Gasteiger partial charge in [0.25, 0.3) is 5.91 Å². The van der Waals surface area contributed by atoms with E-state index in [1.165, 1.54) is 0 Å². The molecule has 1 aliphatic rings. The van der Waals surface area contributed by atoms with Crippen molar-refractivity contribution in [1.29, 1.82) is 0 Å². The highest BCUT2D eigenvalue weighted by molar-refractivity contribution is 6.30. The molecule has 4 nitrogen and oxygen atoms in total. The molecule has 102 valence electrons. The van der Waals surface area contributed by atoms with Gasteiger partial charge in [0.2, 0.25) is 5.91 Å². The van der Waals surface area contributed by atoms with Crippen molar-refractivity contribution in [3.8, 4) is 0 Å². The van der Waals surface area contributed by atoms with E-state index in [2.05, 4.69) is 5.32 Å². The molecule has 19 heavy (non-hydrogen) atoms. The molecule has 2 rings (SSSR count). The minimum absolute atomic E-state index is 0.00797. The third-order valence-corrected chi connectivity index (χ3v) is 3.67. The van der Waals surface area contributed by atoms with Gasteiger partial charge in [-0.25, -0.2) is 0 Å². The molecule has 2 amide bonds. The lowest BCUT2D eigenvalue weighted by Gasteiger charge is -2.31. The summed E-state index contributed by atoms with van der Waals surface area (Å²) in [7, 11) is 1.63. The van der Waals surface area contributed by atoms with Gasteiger partial charge in [-0.1, -0.05) is 11.6 Å². The van der Waals surface area contributed by atoms with Gasteiger partial charge >= 0.3 is 0 Å². The lowest BCUT2D eigenvalue weighted by Crippen LogP contribution is -2.44. The van der Waals surface area contributed by atoms with Gasteiger partial charge in [-0.15, -0.1) is 0 Å². The zero-order valence-corrected chi connectivity index (χ0v) is 11.6. The average Bonchev–Trinajstić information content (AvgIpc) is 2.46.